The predicted molar refractivity (Wildman–Crippen MR) is 388 cm³/mol. The van der Waals surface area contributed by atoms with E-state index in [2.05, 4.69) is 245 Å². The van der Waals surface area contributed by atoms with E-state index in [0.29, 0.717) is 22.0 Å². The fourth-order valence-corrected chi connectivity index (χ4v) is 41.6. The van der Waals surface area contributed by atoms with Crippen LogP contribution < -0.4 is 0 Å². The number of hydrogen-bond donors (Lipinski definition) is 2. The van der Waals surface area contributed by atoms with Crippen molar-refractivity contribution in [3.63, 3.8) is 0 Å². The van der Waals surface area contributed by atoms with Crippen molar-refractivity contribution in [3.8, 4) is 22.9 Å². The van der Waals surface area contributed by atoms with Gasteiger partial charge in [-0.2, -0.15) is 49.2 Å². The third-order valence-electron chi connectivity index (χ3n) is 18.4. The maximum absolute atomic E-state index is 13.0. The number of benzene rings is 8. The van der Waals surface area contributed by atoms with E-state index in [4.69, 9.17) is 0 Å². The number of aromatic nitrogens is 2. The first-order valence-corrected chi connectivity index (χ1v) is 41.3. The standard InChI is InChI=1S/C68H86N2O2S2.2C7H7.Zr/c1-63(2,3)43-23-27-53-49(33-43)50-34-44(64(4,5)6)24-28-54(50)69(53)57-37-47(67(13,14)15)31-41(61(57)71)39-73-59-21-19-20-22-60(59)74-40-42-32-48(68(16,17)18)38-58(62(42)72)70-55-29-25-45(65(7,8)9)35-51(55)52-36-46(66(10,11)12)26-30-56(52)70;2*1-7-5-3-2-4-6-7;/h23-38,59-60,71-72H,19-22,39-40H2,1-18H3;2*2-6H,1H2;/q;2*-1;/t59-,60-;;;/m0.../s1. The Kier molecular flexibility index (Phi) is 18.6. The van der Waals surface area contributed by atoms with Gasteiger partial charge < -0.3 is 0 Å². The fourth-order valence-electron chi connectivity index (χ4n) is 12.8. The van der Waals surface area contributed by atoms with E-state index < -0.39 is 19.2 Å². The van der Waals surface area contributed by atoms with Crippen LogP contribution in [0.1, 0.15) is 206 Å². The van der Waals surface area contributed by atoms with Gasteiger partial charge in [0.15, 0.2) is 0 Å². The van der Waals surface area contributed by atoms with E-state index in [-0.39, 0.29) is 46.7 Å². The van der Waals surface area contributed by atoms with Crippen molar-refractivity contribution in [2.75, 3.05) is 0 Å². The number of rotatable bonds is 6. The second-order valence-corrected chi connectivity index (χ2v) is 47.3. The zero-order valence-corrected chi connectivity index (χ0v) is 61.0. The summed E-state index contributed by atoms with van der Waals surface area (Å²) in [7, 11) is 0.453. The van der Waals surface area contributed by atoms with Gasteiger partial charge in [-0.05, 0) is 0 Å². The van der Waals surface area contributed by atoms with Crippen molar-refractivity contribution >= 4 is 57.9 Å². The molecule has 0 radical (unpaired) electrons. The van der Waals surface area contributed by atoms with E-state index in [0.717, 1.165) is 67.2 Å². The smallest absolute Gasteiger partial charge is 0.0866 e. The molecule has 2 N–H and O–H groups in total. The summed E-state index contributed by atoms with van der Waals surface area (Å²) < 4.78 is 4.77. The van der Waals surface area contributed by atoms with Gasteiger partial charge in [-0.3, -0.25) is 0 Å². The van der Waals surface area contributed by atoms with Gasteiger partial charge in [0, 0.05) is 0 Å². The van der Waals surface area contributed by atoms with Crippen molar-refractivity contribution in [2.45, 2.75) is 205 Å². The fraction of sp³-hybridized carbons (Fsp3) is 0.390. The molecule has 0 amide bonds. The van der Waals surface area contributed by atoms with E-state index >= 15 is 0 Å². The molecule has 89 heavy (non-hydrogen) atoms. The average Bonchev–Trinajstić information content (AvgIpc) is 1.63. The molecule has 1 saturated carbocycles. The van der Waals surface area contributed by atoms with Crippen molar-refractivity contribution in [2.24, 2.45) is 0 Å². The van der Waals surface area contributed by atoms with Gasteiger partial charge >= 0.3 is 466 Å². The Bertz CT molecular complexity index is 3920. The zero-order valence-electron chi connectivity index (χ0n) is 56.9. The second-order valence-electron chi connectivity index (χ2n) is 31.7. The van der Waals surface area contributed by atoms with Crippen molar-refractivity contribution < 1.29 is 29.4 Å². The average molecular weight is 1300 g/mol. The minimum absolute atomic E-state index is 0.00443. The Morgan fingerprint density at radius 2 is 0.640 bits per heavy atom. The van der Waals surface area contributed by atoms with Crippen LogP contribution in [0.15, 0.2) is 158 Å². The molecule has 468 valence electrons. The van der Waals surface area contributed by atoms with Gasteiger partial charge in [0.05, 0.1) is 0 Å². The molecule has 12 rings (SSSR count). The number of hydrogen-bond acceptors (Lipinski definition) is 2. The van der Waals surface area contributed by atoms with Gasteiger partial charge in [0.1, 0.15) is 0 Å². The molecule has 7 heteroatoms. The Morgan fingerprint density at radius 1 is 0.371 bits per heavy atom. The van der Waals surface area contributed by atoms with Crippen LogP contribution in [-0.2, 0) is 63.2 Å². The number of fused-ring (bicyclic) bond motifs is 7. The topological polar surface area (TPSA) is 50.3 Å². The maximum atomic E-state index is 13.0. The van der Waals surface area contributed by atoms with Crippen LogP contribution in [0.5, 0.6) is 11.5 Å². The van der Waals surface area contributed by atoms with Crippen LogP contribution in [-0.4, -0.2) is 29.8 Å². The van der Waals surface area contributed by atoms with E-state index in [1.807, 2.05) is 60.7 Å². The van der Waals surface area contributed by atoms with Gasteiger partial charge in [0.25, 0.3) is 0 Å². The molecule has 2 aromatic heterocycles. The van der Waals surface area contributed by atoms with Crippen LogP contribution >= 0.6 is 14.2 Å². The number of aromatic hydroxyl groups is 2. The van der Waals surface area contributed by atoms with Crippen molar-refractivity contribution in [1.29, 1.82) is 0 Å². The van der Waals surface area contributed by atoms with Gasteiger partial charge in [0.2, 0.25) is 0 Å². The quantitative estimate of drug-likeness (QED) is 0.163. The van der Waals surface area contributed by atoms with E-state index in [1.54, 1.807) is 0 Å². The van der Waals surface area contributed by atoms with Crippen LogP contribution in [0.4, 0.5) is 0 Å². The molecule has 1 aliphatic heterocycles. The predicted octanol–water partition coefficient (Wildman–Crippen LogP) is 23.3. The third kappa shape index (κ3) is 14.2. The van der Waals surface area contributed by atoms with Crippen LogP contribution in [0, 0.1) is 13.8 Å². The number of phenolic OH excluding ortho intramolecular Hbond substituents is 2. The first-order valence-electron chi connectivity index (χ1n) is 32.4. The molecule has 4 atom stereocenters. The molecule has 0 bridgehead atoms. The van der Waals surface area contributed by atoms with Gasteiger partial charge in [-0.15, -0.1) is 24.3 Å². The van der Waals surface area contributed by atoms with Crippen molar-refractivity contribution in [1.82, 2.24) is 9.13 Å². The number of phenols is 2. The molecule has 0 spiro atoms. The first kappa shape index (κ1) is 66.2. The molecule has 0 saturated heterocycles. The van der Waals surface area contributed by atoms with E-state index in [9.17, 15) is 10.2 Å². The monoisotopic (exact) mass is 1300 g/mol. The molecule has 8 aromatic carbocycles. The summed E-state index contributed by atoms with van der Waals surface area (Å²) >= 11 is -1.03. The van der Waals surface area contributed by atoms with Crippen molar-refractivity contribution in [3.05, 3.63) is 227 Å². The minimum atomic E-state index is -1.03. The molecule has 1 fully saturated rings. The largest absolute Gasteiger partial charge is 0.199 e. The van der Waals surface area contributed by atoms with E-state index in [1.165, 1.54) is 80.6 Å². The SMILES string of the molecule is CC(C)(C)c1cc(C[S]2=[Zr]=[S](Cc3cc(C(C)(C)C)cc(-n4c5ccc(C(C)(C)C)cc5c5cc(C(C)(C)C)ccc54)c3O)[C@H]3CCCC[C@@H]32)c(O)c(-n2c3ccc(C(C)(C)C)cc3c3cc(C(C)(C)C)ccc32)c1.[CH2-]c1ccccc1.[CH2-]c1ccccc1. The Hall–Kier alpha value is -5.72. The third-order valence-corrected chi connectivity index (χ3v) is 40.2. The summed E-state index contributed by atoms with van der Waals surface area (Å²) in [4.78, 5) is 0. The van der Waals surface area contributed by atoms with Gasteiger partial charge in [-0.1, -0.05) is 12.1 Å². The minimum Gasteiger partial charge on any atom is -0.199 e. The summed E-state index contributed by atoms with van der Waals surface area (Å²) in [6, 6.07) is 57.2. The first-order chi connectivity index (χ1) is 41.6. The normalized spacial score (nSPS) is 17.4. The summed E-state index contributed by atoms with van der Waals surface area (Å²) in [6.07, 6.45) is 5.17. The zero-order chi connectivity index (χ0) is 64.5. The molecule has 3 heterocycles. The Labute approximate surface area is 546 Å². The molecule has 10 aromatic rings. The molecular formula is C82H100N2O2S2Zr-2. The van der Waals surface area contributed by atoms with Crippen LogP contribution in [0.2, 0.25) is 0 Å². The molecule has 4 nitrogen and oxygen atoms in total. The summed E-state index contributed by atoms with van der Waals surface area (Å²) in [5, 5.41) is 32.3. The summed E-state index contributed by atoms with van der Waals surface area (Å²) in [6.45, 7) is 49.0. The Morgan fingerprint density at radius 3 is 0.876 bits per heavy atom. The maximum Gasteiger partial charge on any atom is -0.0866 e. The molecular weight excluding hydrogens is 1200 g/mol. The second kappa shape index (κ2) is 25.1. The summed E-state index contributed by atoms with van der Waals surface area (Å²) in [5.41, 5.74) is 18.4. The van der Waals surface area contributed by atoms with Crippen LogP contribution in [0.3, 0.4) is 0 Å². The summed E-state index contributed by atoms with van der Waals surface area (Å²) in [5.74, 6) is 2.80. The van der Waals surface area contributed by atoms with Gasteiger partial charge in [-0.25, -0.2) is 0 Å². The number of nitrogens with zero attached hydrogens (tertiary/aromatic N) is 2. The molecule has 2 unspecified atom stereocenters. The Balaban J connectivity index is 0.000000550. The molecule has 2 aliphatic rings. The van der Waals surface area contributed by atoms with Crippen LogP contribution in [0.25, 0.3) is 55.0 Å². The molecule has 1 aliphatic carbocycles.